The lowest BCUT2D eigenvalue weighted by atomic mass is 10.2. The summed E-state index contributed by atoms with van der Waals surface area (Å²) in [5.74, 6) is -2.11. The molecule has 1 fully saturated rings. The quantitative estimate of drug-likeness (QED) is 0.300. The summed E-state index contributed by atoms with van der Waals surface area (Å²) in [6.45, 7) is 0.880. The van der Waals surface area contributed by atoms with Crippen LogP contribution in [0.4, 0.5) is 5.69 Å². The minimum atomic E-state index is -0.992. The summed E-state index contributed by atoms with van der Waals surface area (Å²) < 4.78 is 5.31. The van der Waals surface area contributed by atoms with Crippen LogP contribution in [0.25, 0.3) is 0 Å². The third kappa shape index (κ3) is 4.74. The van der Waals surface area contributed by atoms with Crippen molar-refractivity contribution in [2.24, 2.45) is 5.10 Å². The first-order chi connectivity index (χ1) is 11.5. The monoisotopic (exact) mass is 336 g/mol. The van der Waals surface area contributed by atoms with Gasteiger partial charge in [0, 0.05) is 30.8 Å². The zero-order valence-corrected chi connectivity index (χ0v) is 12.6. The fraction of sp³-hybridized carbons (Fsp3) is 0.357. The maximum Gasteiger partial charge on any atom is 0.329 e. The van der Waals surface area contributed by atoms with E-state index >= 15 is 0 Å². The van der Waals surface area contributed by atoms with Crippen LogP contribution in [0.15, 0.2) is 23.3 Å². The number of aromatic hydroxyl groups is 1. The molecule has 0 bridgehead atoms. The van der Waals surface area contributed by atoms with Gasteiger partial charge in [0.2, 0.25) is 0 Å². The molecule has 2 amide bonds. The van der Waals surface area contributed by atoms with Crippen LogP contribution >= 0.6 is 0 Å². The number of ether oxygens (including phenoxy) is 1. The molecule has 2 rings (SSSR count). The number of carbonyl (C=O) groups excluding carboxylic acids is 2. The molecule has 0 saturated carbocycles. The van der Waals surface area contributed by atoms with Gasteiger partial charge in [0.1, 0.15) is 5.75 Å². The Morgan fingerprint density at radius 3 is 2.92 bits per heavy atom. The third-order valence-electron chi connectivity index (χ3n) is 3.31. The van der Waals surface area contributed by atoms with Crippen LogP contribution in [0.3, 0.4) is 0 Å². The van der Waals surface area contributed by atoms with E-state index in [2.05, 4.69) is 10.4 Å². The van der Waals surface area contributed by atoms with Crippen molar-refractivity contribution in [1.82, 2.24) is 10.7 Å². The van der Waals surface area contributed by atoms with E-state index in [1.807, 2.05) is 5.43 Å². The average molecular weight is 336 g/mol. The Hall–Kier alpha value is -3.01. The molecule has 0 unspecified atom stereocenters. The fourth-order valence-electron chi connectivity index (χ4n) is 2.06. The van der Waals surface area contributed by atoms with Crippen LogP contribution in [0.2, 0.25) is 0 Å². The van der Waals surface area contributed by atoms with Gasteiger partial charge in [0.05, 0.1) is 17.2 Å². The molecule has 0 spiro atoms. The molecule has 1 aromatic carbocycles. The van der Waals surface area contributed by atoms with Gasteiger partial charge in [-0.05, 0) is 18.9 Å². The highest BCUT2D eigenvalue weighted by Crippen LogP contribution is 2.21. The van der Waals surface area contributed by atoms with Gasteiger partial charge in [-0.2, -0.15) is 5.10 Å². The smallest absolute Gasteiger partial charge is 0.329 e. The molecule has 10 nitrogen and oxygen atoms in total. The molecular formula is C14H16N4O6. The van der Waals surface area contributed by atoms with Crippen LogP contribution in [0, 0.1) is 10.1 Å². The zero-order chi connectivity index (χ0) is 17.5. The summed E-state index contributed by atoms with van der Waals surface area (Å²) in [6, 6.07) is 3.35. The number of hydrazone groups is 1. The molecule has 0 aliphatic carbocycles. The lowest BCUT2D eigenvalue weighted by Gasteiger charge is -2.09. The molecular weight excluding hydrogens is 320 g/mol. The lowest BCUT2D eigenvalue weighted by Crippen LogP contribution is -2.41. The van der Waals surface area contributed by atoms with E-state index in [0.29, 0.717) is 6.61 Å². The number of nitrogens with zero attached hydrogens (tertiary/aromatic N) is 2. The molecule has 10 heteroatoms. The highest BCUT2D eigenvalue weighted by atomic mass is 16.6. The lowest BCUT2D eigenvalue weighted by molar-refractivity contribution is -0.384. The summed E-state index contributed by atoms with van der Waals surface area (Å²) in [5.41, 5.74) is 1.77. The van der Waals surface area contributed by atoms with Gasteiger partial charge in [-0.1, -0.05) is 0 Å². The molecule has 0 aromatic heterocycles. The highest BCUT2D eigenvalue weighted by Gasteiger charge is 2.19. The van der Waals surface area contributed by atoms with E-state index in [4.69, 9.17) is 4.74 Å². The molecule has 0 radical (unpaired) electrons. The molecule has 1 aliphatic rings. The summed E-state index contributed by atoms with van der Waals surface area (Å²) in [4.78, 5) is 33.1. The number of rotatable bonds is 5. The van der Waals surface area contributed by atoms with E-state index in [1.165, 1.54) is 0 Å². The number of hydrogen-bond acceptors (Lipinski definition) is 7. The Morgan fingerprint density at radius 1 is 1.46 bits per heavy atom. The second-order valence-corrected chi connectivity index (χ2v) is 5.04. The van der Waals surface area contributed by atoms with E-state index in [-0.39, 0.29) is 29.6 Å². The van der Waals surface area contributed by atoms with E-state index in [9.17, 15) is 24.8 Å². The van der Waals surface area contributed by atoms with Crippen molar-refractivity contribution < 1.29 is 24.4 Å². The molecule has 3 N–H and O–H groups in total. The molecule has 1 aliphatic heterocycles. The normalized spacial score (nSPS) is 16.9. The molecule has 1 heterocycles. The van der Waals surface area contributed by atoms with Crippen LogP contribution in [0.5, 0.6) is 5.75 Å². The fourth-order valence-corrected chi connectivity index (χ4v) is 2.06. The number of nitro benzene ring substituents is 1. The first kappa shape index (κ1) is 17.3. The van der Waals surface area contributed by atoms with Crippen molar-refractivity contribution in [3.63, 3.8) is 0 Å². The van der Waals surface area contributed by atoms with Gasteiger partial charge in [-0.25, -0.2) is 5.43 Å². The minimum absolute atomic E-state index is 0.0317. The van der Waals surface area contributed by atoms with Crippen LogP contribution < -0.4 is 10.7 Å². The molecule has 128 valence electrons. The van der Waals surface area contributed by atoms with Crippen molar-refractivity contribution in [2.45, 2.75) is 18.9 Å². The third-order valence-corrected chi connectivity index (χ3v) is 3.31. The Balaban J connectivity index is 1.86. The largest absolute Gasteiger partial charge is 0.507 e. The number of hydrogen-bond donors (Lipinski definition) is 3. The minimum Gasteiger partial charge on any atom is -0.507 e. The van der Waals surface area contributed by atoms with Crippen LogP contribution in [-0.4, -0.2) is 47.3 Å². The number of benzene rings is 1. The zero-order valence-electron chi connectivity index (χ0n) is 12.6. The molecule has 1 saturated heterocycles. The van der Waals surface area contributed by atoms with Gasteiger partial charge in [-0.15, -0.1) is 0 Å². The number of phenolic OH excluding ortho intramolecular Hbond substituents is 1. The summed E-state index contributed by atoms with van der Waals surface area (Å²) in [5, 5.41) is 26.2. The summed E-state index contributed by atoms with van der Waals surface area (Å²) >= 11 is 0. The maximum absolute atomic E-state index is 11.6. The van der Waals surface area contributed by atoms with Gasteiger partial charge in [0.25, 0.3) is 5.69 Å². The molecule has 1 aromatic rings. The number of non-ortho nitro benzene ring substituents is 1. The number of nitro groups is 1. The van der Waals surface area contributed by atoms with Crippen molar-refractivity contribution in [2.75, 3.05) is 13.2 Å². The summed E-state index contributed by atoms with van der Waals surface area (Å²) in [7, 11) is 0. The second kappa shape index (κ2) is 8.02. The van der Waals surface area contributed by atoms with Crippen molar-refractivity contribution in [3.8, 4) is 5.75 Å². The molecule has 1 atom stereocenters. The number of nitrogens with one attached hydrogen (secondary N) is 2. The Bertz CT molecular complexity index is 669. The van der Waals surface area contributed by atoms with Crippen molar-refractivity contribution >= 4 is 23.7 Å². The average Bonchev–Trinajstić information content (AvgIpc) is 3.07. The van der Waals surface area contributed by atoms with Gasteiger partial charge in [-0.3, -0.25) is 19.7 Å². The standard InChI is InChI=1S/C14H16N4O6/c19-12-4-3-10(18(22)23)6-9(12)7-16-17-14(21)13(20)15-8-11-2-1-5-24-11/h3-4,6-7,11,19H,1-2,5,8H2,(H,15,20)(H,17,21)/b16-7-/t11-/m0/s1. The number of phenols is 1. The predicted molar refractivity (Wildman–Crippen MR) is 82.5 cm³/mol. The second-order valence-electron chi connectivity index (χ2n) is 5.04. The number of carbonyl (C=O) groups is 2. The van der Waals surface area contributed by atoms with E-state index in [1.54, 1.807) is 0 Å². The first-order valence-electron chi connectivity index (χ1n) is 7.17. The first-order valence-corrected chi connectivity index (χ1v) is 7.17. The van der Waals surface area contributed by atoms with Crippen molar-refractivity contribution in [3.05, 3.63) is 33.9 Å². The highest BCUT2D eigenvalue weighted by molar-refractivity contribution is 6.35. The Kier molecular flexibility index (Phi) is 5.79. The van der Waals surface area contributed by atoms with Crippen molar-refractivity contribution in [1.29, 1.82) is 0 Å². The molecule has 24 heavy (non-hydrogen) atoms. The van der Waals surface area contributed by atoms with Crippen LogP contribution in [-0.2, 0) is 14.3 Å². The Labute approximate surface area is 136 Å². The van der Waals surface area contributed by atoms with Gasteiger partial charge in [0.15, 0.2) is 0 Å². The van der Waals surface area contributed by atoms with Crippen LogP contribution in [0.1, 0.15) is 18.4 Å². The topological polar surface area (TPSA) is 143 Å². The van der Waals surface area contributed by atoms with E-state index < -0.39 is 16.7 Å². The maximum atomic E-state index is 11.6. The number of amides is 2. The van der Waals surface area contributed by atoms with Gasteiger partial charge < -0.3 is 15.2 Å². The van der Waals surface area contributed by atoms with Gasteiger partial charge >= 0.3 is 11.8 Å². The predicted octanol–water partition coefficient (Wildman–Crippen LogP) is 0.0457. The Morgan fingerprint density at radius 2 is 2.25 bits per heavy atom. The van der Waals surface area contributed by atoms with E-state index in [0.717, 1.165) is 37.3 Å². The summed E-state index contributed by atoms with van der Waals surface area (Å²) in [6.07, 6.45) is 2.66. The SMILES string of the molecule is O=C(NC[C@@H]1CCCO1)C(=O)N/N=C\c1cc([N+](=O)[O-])ccc1O.